The molecule has 0 spiro atoms. The van der Waals surface area contributed by atoms with E-state index in [0.717, 1.165) is 19.3 Å². The maximum absolute atomic E-state index is 12.4. The number of aromatic nitrogens is 4. The molecule has 3 rings (SSSR count). The average molecular weight is 371 g/mol. The van der Waals surface area contributed by atoms with Crippen LogP contribution in [0.2, 0.25) is 0 Å². The van der Waals surface area contributed by atoms with Crippen LogP contribution in [0.4, 0.5) is 0 Å². The molecule has 1 N–H and O–H groups in total. The van der Waals surface area contributed by atoms with Gasteiger partial charge in [0.2, 0.25) is 0 Å². The molecular formula is C19H25N5O3. The van der Waals surface area contributed by atoms with E-state index in [1.165, 1.54) is 35.5 Å². The summed E-state index contributed by atoms with van der Waals surface area (Å²) in [5.74, 6) is -0.461. The predicted molar refractivity (Wildman–Crippen MR) is 99.3 cm³/mol. The summed E-state index contributed by atoms with van der Waals surface area (Å²) in [7, 11) is 0. The van der Waals surface area contributed by atoms with Gasteiger partial charge in [-0.25, -0.2) is 14.3 Å². The molecule has 0 saturated carbocycles. The van der Waals surface area contributed by atoms with Crippen molar-refractivity contribution in [3.8, 4) is 0 Å². The van der Waals surface area contributed by atoms with Crippen molar-refractivity contribution in [2.45, 2.75) is 51.9 Å². The van der Waals surface area contributed by atoms with Gasteiger partial charge in [0.25, 0.3) is 11.7 Å². The zero-order chi connectivity index (χ0) is 19.2. The number of esters is 1. The van der Waals surface area contributed by atoms with Crippen molar-refractivity contribution in [2.75, 3.05) is 13.2 Å². The molecule has 0 aromatic carbocycles. The van der Waals surface area contributed by atoms with Crippen molar-refractivity contribution in [2.24, 2.45) is 0 Å². The van der Waals surface area contributed by atoms with E-state index in [1.54, 1.807) is 0 Å². The van der Waals surface area contributed by atoms with Gasteiger partial charge in [-0.05, 0) is 38.0 Å². The van der Waals surface area contributed by atoms with Gasteiger partial charge in [-0.2, -0.15) is 10.1 Å². The van der Waals surface area contributed by atoms with Gasteiger partial charge >= 0.3 is 5.97 Å². The Balaban J connectivity index is 1.54. The number of nitrogens with zero attached hydrogens (tertiary/aromatic N) is 4. The van der Waals surface area contributed by atoms with E-state index in [9.17, 15) is 9.59 Å². The highest BCUT2D eigenvalue weighted by molar-refractivity contribution is 5.92. The second-order valence-electron chi connectivity index (χ2n) is 6.97. The molecule has 2 aromatic rings. The monoisotopic (exact) mass is 371 g/mol. The van der Waals surface area contributed by atoms with Crippen LogP contribution in [0.1, 0.15) is 67.9 Å². The summed E-state index contributed by atoms with van der Waals surface area (Å²) in [5, 5.41) is 6.91. The fourth-order valence-electron chi connectivity index (χ4n) is 3.26. The number of hydrogen-bond donors (Lipinski definition) is 1. The third-order valence-corrected chi connectivity index (χ3v) is 4.60. The van der Waals surface area contributed by atoms with E-state index < -0.39 is 5.97 Å². The molecule has 2 aromatic heterocycles. The number of hydrogen-bond acceptors (Lipinski definition) is 6. The van der Waals surface area contributed by atoms with Crippen molar-refractivity contribution in [1.29, 1.82) is 0 Å². The van der Waals surface area contributed by atoms with E-state index in [4.69, 9.17) is 4.74 Å². The minimum atomic E-state index is -0.589. The lowest BCUT2D eigenvalue weighted by molar-refractivity contribution is -0.124. The quantitative estimate of drug-likeness (QED) is 0.593. The zero-order valence-corrected chi connectivity index (χ0v) is 15.8. The summed E-state index contributed by atoms with van der Waals surface area (Å²) < 4.78 is 6.71. The van der Waals surface area contributed by atoms with Gasteiger partial charge in [0.15, 0.2) is 6.61 Å². The first-order valence-electron chi connectivity index (χ1n) is 9.36. The van der Waals surface area contributed by atoms with Gasteiger partial charge in [0, 0.05) is 12.7 Å². The third-order valence-electron chi connectivity index (χ3n) is 4.60. The smallest absolute Gasteiger partial charge is 0.342 e. The number of rotatable bonds is 7. The number of carbonyl (C=O) groups excluding carboxylic acids is 2. The van der Waals surface area contributed by atoms with Gasteiger partial charge in [-0.3, -0.25) is 4.79 Å². The van der Waals surface area contributed by atoms with Gasteiger partial charge in [0.05, 0.1) is 11.3 Å². The standard InChI is InChI=1S/C19H25N5O3/c1-13(2)17-15(10-21-19-22-12-23-24(17)19)18(26)27-11-16(25)20-9-8-14-6-4-3-5-7-14/h6,10,12-13H,3-5,7-9,11H2,1-2H3,(H,20,25). The Labute approximate surface area is 158 Å². The van der Waals surface area contributed by atoms with Crippen molar-refractivity contribution >= 4 is 17.7 Å². The molecule has 0 unspecified atom stereocenters. The van der Waals surface area contributed by atoms with Crippen LogP contribution in [0.25, 0.3) is 5.78 Å². The lowest BCUT2D eigenvalue weighted by Crippen LogP contribution is -2.30. The molecule has 0 radical (unpaired) electrons. The number of allylic oxidation sites excluding steroid dienone is 1. The molecular weight excluding hydrogens is 346 g/mol. The Kier molecular flexibility index (Phi) is 6.16. The molecule has 8 nitrogen and oxygen atoms in total. The molecule has 8 heteroatoms. The first-order chi connectivity index (χ1) is 13.1. The van der Waals surface area contributed by atoms with Crippen LogP contribution in [0.5, 0.6) is 0 Å². The minimum Gasteiger partial charge on any atom is -0.452 e. The van der Waals surface area contributed by atoms with Crippen molar-refractivity contribution in [1.82, 2.24) is 24.9 Å². The van der Waals surface area contributed by atoms with Crippen LogP contribution in [-0.2, 0) is 9.53 Å². The highest BCUT2D eigenvalue weighted by Crippen LogP contribution is 2.20. The fourth-order valence-corrected chi connectivity index (χ4v) is 3.26. The minimum absolute atomic E-state index is 0.0114. The number of nitrogens with one attached hydrogen (secondary N) is 1. The van der Waals surface area contributed by atoms with Crippen LogP contribution in [0.3, 0.4) is 0 Å². The fraction of sp³-hybridized carbons (Fsp3) is 0.526. The molecule has 0 saturated heterocycles. The molecule has 0 fully saturated rings. The largest absolute Gasteiger partial charge is 0.452 e. The maximum Gasteiger partial charge on any atom is 0.342 e. The molecule has 1 aliphatic carbocycles. The van der Waals surface area contributed by atoms with E-state index in [0.29, 0.717) is 23.6 Å². The van der Waals surface area contributed by atoms with Gasteiger partial charge in [-0.1, -0.05) is 25.5 Å². The molecule has 1 amide bonds. The summed E-state index contributed by atoms with van der Waals surface area (Å²) in [5.41, 5.74) is 2.35. The van der Waals surface area contributed by atoms with E-state index in [2.05, 4.69) is 26.5 Å². The molecule has 0 bridgehead atoms. The molecule has 1 aliphatic rings. The van der Waals surface area contributed by atoms with Gasteiger partial charge in [0.1, 0.15) is 6.33 Å². The lowest BCUT2D eigenvalue weighted by Gasteiger charge is -2.14. The van der Waals surface area contributed by atoms with Crippen LogP contribution >= 0.6 is 0 Å². The number of fused-ring (bicyclic) bond motifs is 1. The Bertz CT molecular complexity index is 856. The highest BCUT2D eigenvalue weighted by atomic mass is 16.5. The first kappa shape index (κ1) is 19.0. The Morgan fingerprint density at radius 2 is 2.15 bits per heavy atom. The van der Waals surface area contributed by atoms with Gasteiger partial charge < -0.3 is 10.1 Å². The Hall–Kier alpha value is -2.77. The van der Waals surface area contributed by atoms with Crippen molar-refractivity contribution in [3.63, 3.8) is 0 Å². The first-order valence-corrected chi connectivity index (χ1v) is 9.36. The van der Waals surface area contributed by atoms with E-state index in [-0.39, 0.29) is 18.4 Å². The Morgan fingerprint density at radius 3 is 2.89 bits per heavy atom. The molecule has 144 valence electrons. The normalized spacial score (nSPS) is 14.3. The number of ether oxygens (including phenoxy) is 1. The zero-order valence-electron chi connectivity index (χ0n) is 15.8. The summed E-state index contributed by atoms with van der Waals surface area (Å²) in [6.45, 7) is 4.14. The molecule has 0 aliphatic heterocycles. The van der Waals surface area contributed by atoms with Crippen LogP contribution in [0.15, 0.2) is 24.2 Å². The summed E-state index contributed by atoms with van der Waals surface area (Å²) in [4.78, 5) is 32.6. The average Bonchev–Trinajstić information content (AvgIpc) is 3.14. The SMILES string of the molecule is CC(C)c1c(C(=O)OCC(=O)NCCC2=CCCCC2)cnc2ncnn12. The second kappa shape index (κ2) is 8.75. The molecule has 27 heavy (non-hydrogen) atoms. The summed E-state index contributed by atoms with van der Waals surface area (Å²) >= 11 is 0. The van der Waals surface area contributed by atoms with Crippen molar-refractivity contribution < 1.29 is 14.3 Å². The van der Waals surface area contributed by atoms with Gasteiger partial charge in [-0.15, -0.1) is 0 Å². The summed E-state index contributed by atoms with van der Waals surface area (Å²) in [6.07, 6.45) is 10.6. The highest BCUT2D eigenvalue weighted by Gasteiger charge is 2.21. The number of carbonyl (C=O) groups is 2. The van der Waals surface area contributed by atoms with Crippen LogP contribution in [0, 0.1) is 0 Å². The maximum atomic E-state index is 12.4. The van der Waals surface area contributed by atoms with Crippen LogP contribution in [-0.4, -0.2) is 44.6 Å². The lowest BCUT2D eigenvalue weighted by atomic mass is 9.97. The summed E-state index contributed by atoms with van der Waals surface area (Å²) in [6, 6.07) is 0. The van der Waals surface area contributed by atoms with Crippen molar-refractivity contribution in [3.05, 3.63) is 35.4 Å². The second-order valence-corrected chi connectivity index (χ2v) is 6.97. The topological polar surface area (TPSA) is 98.5 Å². The Morgan fingerprint density at radius 1 is 1.30 bits per heavy atom. The predicted octanol–water partition coefficient (Wildman–Crippen LogP) is 2.41. The van der Waals surface area contributed by atoms with Crippen LogP contribution < -0.4 is 5.32 Å². The van der Waals surface area contributed by atoms with E-state index >= 15 is 0 Å². The van der Waals surface area contributed by atoms with E-state index in [1.807, 2.05) is 13.8 Å². The third kappa shape index (κ3) is 4.69. The molecule has 0 atom stereocenters. The molecule has 2 heterocycles. The number of amides is 1.